The molecule has 0 aliphatic rings. The summed E-state index contributed by atoms with van der Waals surface area (Å²) in [4.78, 5) is 0. The lowest BCUT2D eigenvalue weighted by molar-refractivity contribution is 0.478. The normalized spacial score (nSPS) is 12.5. The van der Waals surface area contributed by atoms with Crippen LogP contribution in [0.4, 0.5) is 8.78 Å². The number of hydrogen-bond donors (Lipinski definition) is 2. The van der Waals surface area contributed by atoms with Crippen molar-refractivity contribution in [3.63, 3.8) is 0 Å². The molecule has 2 rings (SSSR count). The molecule has 4 heteroatoms. The van der Waals surface area contributed by atoms with Crippen LogP contribution in [0.3, 0.4) is 0 Å². The Bertz CT molecular complexity index is 618. The summed E-state index contributed by atoms with van der Waals surface area (Å²) in [5, 5.41) is 0. The summed E-state index contributed by atoms with van der Waals surface area (Å²) in [6.45, 7) is 5.39. The van der Waals surface area contributed by atoms with E-state index in [4.69, 9.17) is 5.84 Å². The Morgan fingerprint density at radius 2 is 1.50 bits per heavy atom. The Hall–Kier alpha value is -1.78. The first-order chi connectivity index (χ1) is 9.47. The van der Waals surface area contributed by atoms with Crippen LogP contribution in [0, 0.1) is 32.4 Å². The van der Waals surface area contributed by atoms with Crippen molar-refractivity contribution in [2.75, 3.05) is 0 Å². The minimum absolute atomic E-state index is 0.216. The third-order valence-electron chi connectivity index (χ3n) is 3.61. The van der Waals surface area contributed by atoms with E-state index in [2.05, 4.69) is 5.43 Å². The maximum Gasteiger partial charge on any atom is 0.164 e. The van der Waals surface area contributed by atoms with Gasteiger partial charge in [0.05, 0.1) is 6.04 Å². The molecule has 3 N–H and O–H groups in total. The fourth-order valence-corrected chi connectivity index (χ4v) is 2.50. The van der Waals surface area contributed by atoms with E-state index in [1.54, 1.807) is 12.1 Å². The molecule has 0 aliphatic carbocycles. The predicted molar refractivity (Wildman–Crippen MR) is 76.2 cm³/mol. The van der Waals surface area contributed by atoms with Crippen LogP contribution >= 0.6 is 0 Å². The second-order valence-corrected chi connectivity index (χ2v) is 5.00. The fourth-order valence-electron chi connectivity index (χ4n) is 2.50. The lowest BCUT2D eigenvalue weighted by atomic mass is 9.91. The van der Waals surface area contributed by atoms with E-state index in [0.29, 0.717) is 0 Å². The molecule has 1 unspecified atom stereocenters. The number of hydrogen-bond acceptors (Lipinski definition) is 2. The highest BCUT2D eigenvalue weighted by Crippen LogP contribution is 2.30. The average molecular weight is 276 g/mol. The van der Waals surface area contributed by atoms with Crippen LogP contribution in [0.2, 0.25) is 0 Å². The zero-order valence-corrected chi connectivity index (χ0v) is 11.8. The Kier molecular flexibility index (Phi) is 4.16. The number of nitrogens with one attached hydrogen (secondary N) is 1. The molecular formula is C16H18F2N2. The Morgan fingerprint density at radius 3 is 2.05 bits per heavy atom. The molecule has 0 saturated carbocycles. The molecule has 2 aromatic carbocycles. The quantitative estimate of drug-likeness (QED) is 0.665. The second kappa shape index (κ2) is 5.69. The van der Waals surface area contributed by atoms with Gasteiger partial charge in [0, 0.05) is 5.56 Å². The lowest BCUT2D eigenvalue weighted by Gasteiger charge is -2.22. The first-order valence-electron chi connectivity index (χ1n) is 6.44. The molecule has 0 bridgehead atoms. The smallest absolute Gasteiger partial charge is 0.164 e. The molecule has 2 aromatic rings. The van der Waals surface area contributed by atoms with E-state index >= 15 is 0 Å². The van der Waals surface area contributed by atoms with Crippen molar-refractivity contribution in [1.29, 1.82) is 0 Å². The minimum Gasteiger partial charge on any atom is -0.271 e. The van der Waals surface area contributed by atoms with Crippen molar-refractivity contribution in [2.45, 2.75) is 26.8 Å². The van der Waals surface area contributed by atoms with Crippen LogP contribution < -0.4 is 11.3 Å². The topological polar surface area (TPSA) is 38.0 Å². The van der Waals surface area contributed by atoms with Gasteiger partial charge in [-0.3, -0.25) is 5.84 Å². The summed E-state index contributed by atoms with van der Waals surface area (Å²) in [6.07, 6.45) is 0. The third-order valence-corrected chi connectivity index (χ3v) is 3.61. The highest BCUT2D eigenvalue weighted by Gasteiger charge is 2.22. The van der Waals surface area contributed by atoms with E-state index in [0.717, 1.165) is 16.7 Å². The number of hydrazine groups is 1. The summed E-state index contributed by atoms with van der Waals surface area (Å²) < 4.78 is 27.9. The molecular weight excluding hydrogens is 258 g/mol. The van der Waals surface area contributed by atoms with Crippen LogP contribution in [0.25, 0.3) is 0 Å². The SMILES string of the molecule is Cc1ccc(C(NN)c2c(C)cccc2C)c(F)c1F. The predicted octanol–water partition coefficient (Wildman–Crippen LogP) is 3.44. The lowest BCUT2D eigenvalue weighted by Crippen LogP contribution is -2.31. The Labute approximate surface area is 117 Å². The fraction of sp³-hybridized carbons (Fsp3) is 0.250. The van der Waals surface area contributed by atoms with Crippen molar-refractivity contribution in [3.05, 3.63) is 69.8 Å². The maximum atomic E-state index is 14.2. The Balaban J connectivity index is 2.62. The highest BCUT2D eigenvalue weighted by atomic mass is 19.2. The van der Waals surface area contributed by atoms with Crippen LogP contribution in [0.1, 0.15) is 33.9 Å². The van der Waals surface area contributed by atoms with Crippen molar-refractivity contribution >= 4 is 0 Å². The molecule has 20 heavy (non-hydrogen) atoms. The van der Waals surface area contributed by atoms with E-state index < -0.39 is 17.7 Å². The summed E-state index contributed by atoms with van der Waals surface area (Å²) in [5.41, 5.74) is 5.93. The van der Waals surface area contributed by atoms with Gasteiger partial charge in [-0.2, -0.15) is 0 Å². The van der Waals surface area contributed by atoms with Gasteiger partial charge in [0.15, 0.2) is 11.6 Å². The van der Waals surface area contributed by atoms with Gasteiger partial charge in [-0.25, -0.2) is 14.2 Å². The first kappa shape index (κ1) is 14.6. The van der Waals surface area contributed by atoms with Crippen molar-refractivity contribution in [3.8, 4) is 0 Å². The second-order valence-electron chi connectivity index (χ2n) is 5.00. The molecule has 2 nitrogen and oxygen atoms in total. The van der Waals surface area contributed by atoms with Gasteiger partial charge in [0.2, 0.25) is 0 Å². The number of halogens is 2. The molecule has 106 valence electrons. The summed E-state index contributed by atoms with van der Waals surface area (Å²) in [6, 6.07) is 8.33. The molecule has 0 amide bonds. The van der Waals surface area contributed by atoms with Crippen molar-refractivity contribution in [2.24, 2.45) is 5.84 Å². The Morgan fingerprint density at radius 1 is 0.900 bits per heavy atom. The molecule has 1 atom stereocenters. The standard InChI is InChI=1S/C16H18F2N2/c1-9-5-4-6-10(2)13(9)16(20-19)12-8-7-11(3)14(17)15(12)18/h4-8,16,20H,19H2,1-3H3. The van der Waals surface area contributed by atoms with Crippen LogP contribution in [0.5, 0.6) is 0 Å². The number of benzene rings is 2. The van der Waals surface area contributed by atoms with Gasteiger partial charge in [0.1, 0.15) is 0 Å². The number of nitrogens with two attached hydrogens (primary N) is 1. The van der Waals surface area contributed by atoms with E-state index in [-0.39, 0.29) is 11.1 Å². The van der Waals surface area contributed by atoms with E-state index in [1.807, 2.05) is 32.0 Å². The summed E-state index contributed by atoms with van der Waals surface area (Å²) >= 11 is 0. The van der Waals surface area contributed by atoms with Gasteiger partial charge in [-0.1, -0.05) is 30.3 Å². The summed E-state index contributed by atoms with van der Waals surface area (Å²) in [5.74, 6) is 3.92. The number of aryl methyl sites for hydroxylation is 3. The molecule has 0 heterocycles. The van der Waals surface area contributed by atoms with Crippen LogP contribution in [-0.4, -0.2) is 0 Å². The zero-order chi connectivity index (χ0) is 14.9. The number of rotatable bonds is 3. The van der Waals surface area contributed by atoms with Gasteiger partial charge in [0.25, 0.3) is 0 Å². The largest absolute Gasteiger partial charge is 0.271 e. The van der Waals surface area contributed by atoms with Crippen LogP contribution in [-0.2, 0) is 0 Å². The molecule has 0 aliphatic heterocycles. The van der Waals surface area contributed by atoms with Gasteiger partial charge >= 0.3 is 0 Å². The third kappa shape index (κ3) is 2.44. The monoisotopic (exact) mass is 276 g/mol. The minimum atomic E-state index is -0.851. The van der Waals surface area contributed by atoms with Gasteiger partial charge in [-0.05, 0) is 43.0 Å². The average Bonchev–Trinajstić information content (AvgIpc) is 2.42. The first-order valence-corrected chi connectivity index (χ1v) is 6.44. The maximum absolute atomic E-state index is 14.2. The summed E-state index contributed by atoms with van der Waals surface area (Å²) in [7, 11) is 0. The molecule has 0 fully saturated rings. The van der Waals surface area contributed by atoms with E-state index in [1.165, 1.54) is 6.92 Å². The van der Waals surface area contributed by atoms with Crippen molar-refractivity contribution < 1.29 is 8.78 Å². The van der Waals surface area contributed by atoms with Crippen LogP contribution in [0.15, 0.2) is 30.3 Å². The zero-order valence-electron chi connectivity index (χ0n) is 11.8. The van der Waals surface area contributed by atoms with Gasteiger partial charge in [-0.15, -0.1) is 0 Å². The molecule has 0 saturated heterocycles. The molecule has 0 spiro atoms. The molecule has 0 aromatic heterocycles. The molecule has 0 radical (unpaired) electrons. The highest BCUT2D eigenvalue weighted by molar-refractivity contribution is 5.43. The van der Waals surface area contributed by atoms with Crippen molar-refractivity contribution in [1.82, 2.24) is 5.43 Å². The van der Waals surface area contributed by atoms with Gasteiger partial charge < -0.3 is 0 Å². The van der Waals surface area contributed by atoms with E-state index in [9.17, 15) is 8.78 Å².